The molecule has 2 nitrogen and oxygen atoms in total. The first-order chi connectivity index (χ1) is 8.58. The Balaban J connectivity index is 1.96. The average Bonchev–Trinajstić information content (AvgIpc) is 2.37. The van der Waals surface area contributed by atoms with E-state index in [9.17, 15) is 4.79 Å². The van der Waals surface area contributed by atoms with Crippen LogP contribution >= 0.6 is 15.9 Å². The van der Waals surface area contributed by atoms with Gasteiger partial charge in [-0.3, -0.25) is 0 Å². The fourth-order valence-corrected chi connectivity index (χ4v) is 3.07. The van der Waals surface area contributed by atoms with Crippen molar-refractivity contribution in [3.05, 3.63) is 35.9 Å². The van der Waals surface area contributed by atoms with Crippen molar-refractivity contribution in [2.45, 2.75) is 37.6 Å². The lowest BCUT2D eigenvalue weighted by molar-refractivity contribution is 0.00963. The zero-order valence-corrected chi connectivity index (χ0v) is 12.4. The van der Waals surface area contributed by atoms with Crippen LogP contribution < -0.4 is 0 Å². The Kier molecular flexibility index (Phi) is 4.44. The maximum atomic E-state index is 12.0. The van der Waals surface area contributed by atoms with Crippen LogP contribution in [0.1, 0.15) is 37.0 Å². The third kappa shape index (κ3) is 3.14. The standard InChI is InChI=1S/C15H19BrO2/c1-10-8-13(9-11(2)14(10)16)18-15(17)12-6-4-3-5-7-12/h3-7,10-11,13-14H,8-9H2,1-2H3/t10-,11-,13?,14?/m0/s1. The third-order valence-electron chi connectivity index (χ3n) is 3.64. The van der Waals surface area contributed by atoms with Crippen molar-refractivity contribution in [3.63, 3.8) is 0 Å². The number of esters is 1. The van der Waals surface area contributed by atoms with E-state index in [2.05, 4.69) is 29.8 Å². The molecular weight excluding hydrogens is 292 g/mol. The smallest absolute Gasteiger partial charge is 0.338 e. The van der Waals surface area contributed by atoms with Gasteiger partial charge in [0.15, 0.2) is 0 Å². The number of carbonyl (C=O) groups is 1. The van der Waals surface area contributed by atoms with Crippen molar-refractivity contribution < 1.29 is 9.53 Å². The molecule has 0 bridgehead atoms. The van der Waals surface area contributed by atoms with E-state index in [4.69, 9.17) is 4.74 Å². The number of hydrogen-bond acceptors (Lipinski definition) is 2. The molecule has 1 aliphatic carbocycles. The molecule has 2 atom stereocenters. The molecule has 0 amide bonds. The summed E-state index contributed by atoms with van der Waals surface area (Å²) in [5.41, 5.74) is 0.638. The van der Waals surface area contributed by atoms with Crippen molar-refractivity contribution in [3.8, 4) is 0 Å². The molecule has 0 N–H and O–H groups in total. The Labute approximate surface area is 117 Å². The Morgan fingerprint density at radius 2 is 1.72 bits per heavy atom. The summed E-state index contributed by atoms with van der Waals surface area (Å²) >= 11 is 3.72. The Morgan fingerprint density at radius 1 is 1.17 bits per heavy atom. The third-order valence-corrected chi connectivity index (χ3v) is 5.44. The van der Waals surface area contributed by atoms with Crippen LogP contribution in [0.15, 0.2) is 30.3 Å². The number of ether oxygens (including phenoxy) is 1. The van der Waals surface area contributed by atoms with Crippen LogP contribution in [0.2, 0.25) is 0 Å². The summed E-state index contributed by atoms with van der Waals surface area (Å²) < 4.78 is 5.61. The van der Waals surface area contributed by atoms with Crippen LogP contribution in [0.3, 0.4) is 0 Å². The summed E-state index contributed by atoms with van der Waals surface area (Å²) in [6.45, 7) is 4.41. The van der Waals surface area contributed by atoms with E-state index >= 15 is 0 Å². The summed E-state index contributed by atoms with van der Waals surface area (Å²) in [5.74, 6) is 0.887. The highest BCUT2D eigenvalue weighted by molar-refractivity contribution is 9.09. The molecule has 1 aromatic carbocycles. The molecule has 0 aromatic heterocycles. The summed E-state index contributed by atoms with van der Waals surface area (Å²) in [6, 6.07) is 9.21. The molecule has 0 radical (unpaired) electrons. The van der Waals surface area contributed by atoms with Crippen LogP contribution in [0, 0.1) is 11.8 Å². The highest BCUT2D eigenvalue weighted by atomic mass is 79.9. The van der Waals surface area contributed by atoms with Crippen LogP contribution in [0.25, 0.3) is 0 Å². The van der Waals surface area contributed by atoms with E-state index in [0.29, 0.717) is 22.2 Å². The predicted octanol–water partition coefficient (Wildman–Crippen LogP) is 4.04. The van der Waals surface area contributed by atoms with Gasteiger partial charge in [-0.25, -0.2) is 4.79 Å². The largest absolute Gasteiger partial charge is 0.459 e. The second kappa shape index (κ2) is 5.87. The number of halogens is 1. The van der Waals surface area contributed by atoms with Crippen molar-refractivity contribution >= 4 is 21.9 Å². The van der Waals surface area contributed by atoms with Crippen LogP contribution in [0.4, 0.5) is 0 Å². The van der Waals surface area contributed by atoms with Gasteiger partial charge in [0.25, 0.3) is 0 Å². The zero-order chi connectivity index (χ0) is 13.1. The van der Waals surface area contributed by atoms with Crippen molar-refractivity contribution in [1.82, 2.24) is 0 Å². The number of hydrogen-bond donors (Lipinski definition) is 0. The fraction of sp³-hybridized carbons (Fsp3) is 0.533. The van der Waals surface area contributed by atoms with Crippen LogP contribution in [0.5, 0.6) is 0 Å². The summed E-state index contributed by atoms with van der Waals surface area (Å²) in [6.07, 6.45) is 1.94. The van der Waals surface area contributed by atoms with Crippen LogP contribution in [-0.4, -0.2) is 16.9 Å². The van der Waals surface area contributed by atoms with E-state index in [1.165, 1.54) is 0 Å². The monoisotopic (exact) mass is 310 g/mol. The second-order valence-corrected chi connectivity index (χ2v) is 6.32. The molecule has 0 spiro atoms. The van der Waals surface area contributed by atoms with Gasteiger partial charge in [-0.15, -0.1) is 0 Å². The van der Waals surface area contributed by atoms with E-state index in [-0.39, 0.29) is 12.1 Å². The van der Waals surface area contributed by atoms with Gasteiger partial charge in [0.05, 0.1) is 5.56 Å². The van der Waals surface area contributed by atoms with Gasteiger partial charge in [-0.2, -0.15) is 0 Å². The van der Waals surface area contributed by atoms with Crippen molar-refractivity contribution in [1.29, 1.82) is 0 Å². The molecule has 1 fully saturated rings. The molecule has 0 saturated heterocycles. The normalized spacial score (nSPS) is 31.9. The highest BCUT2D eigenvalue weighted by Gasteiger charge is 2.33. The maximum absolute atomic E-state index is 12.0. The molecule has 1 aliphatic rings. The molecule has 98 valence electrons. The van der Waals surface area contributed by atoms with Gasteiger partial charge in [0, 0.05) is 4.83 Å². The van der Waals surface area contributed by atoms with Gasteiger partial charge >= 0.3 is 5.97 Å². The lowest BCUT2D eigenvalue weighted by atomic mass is 9.81. The maximum Gasteiger partial charge on any atom is 0.338 e. The van der Waals surface area contributed by atoms with Gasteiger partial charge in [-0.05, 0) is 36.8 Å². The number of rotatable bonds is 2. The van der Waals surface area contributed by atoms with Crippen molar-refractivity contribution in [2.24, 2.45) is 11.8 Å². The molecular formula is C15H19BrO2. The Hall–Kier alpha value is -0.830. The van der Waals surface area contributed by atoms with Gasteiger partial charge in [-0.1, -0.05) is 48.0 Å². The molecule has 2 rings (SSSR count). The molecule has 0 aliphatic heterocycles. The molecule has 18 heavy (non-hydrogen) atoms. The molecule has 0 heterocycles. The summed E-state index contributed by atoms with van der Waals surface area (Å²) in [5, 5.41) is 0. The summed E-state index contributed by atoms with van der Waals surface area (Å²) in [4.78, 5) is 12.5. The molecule has 3 heteroatoms. The molecule has 1 aromatic rings. The second-order valence-electron chi connectivity index (χ2n) is 5.26. The first-order valence-corrected chi connectivity index (χ1v) is 7.39. The lowest BCUT2D eigenvalue weighted by Crippen LogP contribution is -2.35. The SMILES string of the molecule is C[C@H]1CC(OC(=O)c2ccccc2)C[C@H](C)C1Br. The molecule has 0 unspecified atom stereocenters. The Bertz CT molecular complexity index is 392. The quantitative estimate of drug-likeness (QED) is 0.608. The minimum absolute atomic E-state index is 0.0523. The minimum atomic E-state index is -0.201. The summed E-state index contributed by atoms with van der Waals surface area (Å²) in [7, 11) is 0. The lowest BCUT2D eigenvalue weighted by Gasteiger charge is -2.35. The van der Waals surface area contributed by atoms with E-state index in [1.807, 2.05) is 18.2 Å². The van der Waals surface area contributed by atoms with Gasteiger partial charge < -0.3 is 4.74 Å². The number of benzene rings is 1. The predicted molar refractivity (Wildman–Crippen MR) is 75.9 cm³/mol. The van der Waals surface area contributed by atoms with E-state index in [1.54, 1.807) is 12.1 Å². The van der Waals surface area contributed by atoms with Gasteiger partial charge in [0.2, 0.25) is 0 Å². The number of carbonyl (C=O) groups excluding carboxylic acids is 1. The first-order valence-electron chi connectivity index (χ1n) is 6.48. The fourth-order valence-electron chi connectivity index (χ4n) is 2.64. The number of alkyl halides is 1. The van der Waals surface area contributed by atoms with Crippen molar-refractivity contribution in [2.75, 3.05) is 0 Å². The van der Waals surface area contributed by atoms with E-state index in [0.717, 1.165) is 12.8 Å². The van der Waals surface area contributed by atoms with Gasteiger partial charge in [0.1, 0.15) is 6.10 Å². The Morgan fingerprint density at radius 3 is 2.28 bits per heavy atom. The average molecular weight is 311 g/mol. The first kappa shape index (κ1) is 13.6. The van der Waals surface area contributed by atoms with E-state index < -0.39 is 0 Å². The van der Waals surface area contributed by atoms with Crippen LogP contribution in [-0.2, 0) is 4.74 Å². The zero-order valence-electron chi connectivity index (χ0n) is 10.8. The molecule has 1 saturated carbocycles. The minimum Gasteiger partial charge on any atom is -0.459 e. The topological polar surface area (TPSA) is 26.3 Å². The highest BCUT2D eigenvalue weighted by Crippen LogP contribution is 2.35.